The van der Waals surface area contributed by atoms with Gasteiger partial charge in [0.1, 0.15) is 5.78 Å². The zero-order valence-electron chi connectivity index (χ0n) is 7.76. The van der Waals surface area contributed by atoms with Gasteiger partial charge in [-0.15, -0.1) is 0 Å². The molecule has 0 saturated carbocycles. The predicted octanol–water partition coefficient (Wildman–Crippen LogP) is 1.75. The Morgan fingerprint density at radius 3 is 2.58 bits per heavy atom. The van der Waals surface area contributed by atoms with E-state index in [-0.39, 0.29) is 23.4 Å². The molecule has 1 rings (SSSR count). The maximum absolute atomic E-state index is 11.2. The molecule has 0 heterocycles. The van der Waals surface area contributed by atoms with Gasteiger partial charge in [0.25, 0.3) is 0 Å². The first-order valence-corrected chi connectivity index (χ1v) is 4.24. The molecule has 0 spiro atoms. The van der Waals surface area contributed by atoms with Crippen LogP contribution in [-0.4, -0.2) is 11.6 Å². The lowest BCUT2D eigenvalue weighted by molar-refractivity contribution is -0.122. The summed E-state index contributed by atoms with van der Waals surface area (Å²) in [5, 5.41) is 0. The molecule has 66 valence electrons. The van der Waals surface area contributed by atoms with Gasteiger partial charge in [-0.1, -0.05) is 12.5 Å². The van der Waals surface area contributed by atoms with Crippen molar-refractivity contribution in [3.63, 3.8) is 0 Å². The molecule has 12 heavy (non-hydrogen) atoms. The quantitative estimate of drug-likeness (QED) is 0.594. The number of carbonyl (C=O) groups excluding carboxylic acids is 2. The van der Waals surface area contributed by atoms with E-state index in [0.29, 0.717) is 6.42 Å². The van der Waals surface area contributed by atoms with Crippen molar-refractivity contribution in [1.82, 2.24) is 0 Å². The molecular formula is C10H14O2. The molecule has 2 heteroatoms. The van der Waals surface area contributed by atoms with E-state index >= 15 is 0 Å². The standard InChI is InChI=1S/C10H14O2/c1-6-4-9(12)5-7(2)10(6)8(3)11/h4,7,10H,5H2,1-3H3/t7-,10-/m1/s1. The summed E-state index contributed by atoms with van der Waals surface area (Å²) in [7, 11) is 0. The fourth-order valence-corrected chi connectivity index (χ4v) is 2.01. The average molecular weight is 166 g/mol. The van der Waals surface area contributed by atoms with E-state index < -0.39 is 0 Å². The summed E-state index contributed by atoms with van der Waals surface area (Å²) in [4.78, 5) is 22.2. The third kappa shape index (κ3) is 1.63. The molecule has 0 saturated heterocycles. The van der Waals surface area contributed by atoms with Crippen LogP contribution < -0.4 is 0 Å². The molecule has 0 aromatic heterocycles. The Balaban J connectivity index is 2.93. The molecule has 1 aliphatic rings. The largest absolute Gasteiger partial charge is 0.299 e. The lowest BCUT2D eigenvalue weighted by atomic mass is 9.77. The van der Waals surface area contributed by atoms with Crippen molar-refractivity contribution in [1.29, 1.82) is 0 Å². The monoisotopic (exact) mass is 166 g/mol. The van der Waals surface area contributed by atoms with Crippen LogP contribution in [0.3, 0.4) is 0 Å². The number of Topliss-reactive ketones (excluding diaryl/α,β-unsaturated/α-hetero) is 1. The molecule has 0 fully saturated rings. The highest BCUT2D eigenvalue weighted by Crippen LogP contribution is 2.28. The highest BCUT2D eigenvalue weighted by Gasteiger charge is 2.28. The van der Waals surface area contributed by atoms with Crippen molar-refractivity contribution >= 4 is 11.6 Å². The zero-order valence-corrected chi connectivity index (χ0v) is 7.76. The minimum atomic E-state index is -0.0253. The number of hydrogen-bond acceptors (Lipinski definition) is 2. The molecule has 2 atom stereocenters. The van der Waals surface area contributed by atoms with Crippen LogP contribution in [0.15, 0.2) is 11.6 Å². The van der Waals surface area contributed by atoms with E-state index in [2.05, 4.69) is 0 Å². The normalized spacial score (nSPS) is 29.9. The summed E-state index contributed by atoms with van der Waals surface area (Å²) in [5.41, 5.74) is 0.922. The third-order valence-corrected chi connectivity index (χ3v) is 2.41. The first-order valence-electron chi connectivity index (χ1n) is 4.24. The SMILES string of the molecule is CC(=O)[C@@H]1C(C)=CC(=O)C[C@H]1C. The van der Waals surface area contributed by atoms with Crippen LogP contribution in [0.5, 0.6) is 0 Å². The molecule has 0 aliphatic heterocycles. The number of hydrogen-bond donors (Lipinski definition) is 0. The highest BCUT2D eigenvalue weighted by molar-refractivity contribution is 5.94. The van der Waals surface area contributed by atoms with Crippen LogP contribution in [-0.2, 0) is 9.59 Å². The van der Waals surface area contributed by atoms with Gasteiger partial charge >= 0.3 is 0 Å². The van der Waals surface area contributed by atoms with Gasteiger partial charge in [-0.2, -0.15) is 0 Å². The minimum absolute atomic E-state index is 0.0253. The van der Waals surface area contributed by atoms with Crippen molar-refractivity contribution in [3.8, 4) is 0 Å². The van der Waals surface area contributed by atoms with Gasteiger partial charge in [0.05, 0.1) is 0 Å². The molecule has 1 aliphatic carbocycles. The van der Waals surface area contributed by atoms with Crippen molar-refractivity contribution in [2.24, 2.45) is 11.8 Å². The van der Waals surface area contributed by atoms with Crippen LogP contribution in [0.4, 0.5) is 0 Å². The molecule has 0 radical (unpaired) electrons. The van der Waals surface area contributed by atoms with E-state index in [9.17, 15) is 9.59 Å². The van der Waals surface area contributed by atoms with Crippen LogP contribution in [0.1, 0.15) is 27.2 Å². The smallest absolute Gasteiger partial charge is 0.155 e. The Hall–Kier alpha value is -0.920. The van der Waals surface area contributed by atoms with Gasteiger partial charge in [0.2, 0.25) is 0 Å². The van der Waals surface area contributed by atoms with Crippen molar-refractivity contribution < 1.29 is 9.59 Å². The molecule has 0 aromatic rings. The topological polar surface area (TPSA) is 34.1 Å². The number of carbonyl (C=O) groups is 2. The van der Waals surface area contributed by atoms with Gasteiger partial charge < -0.3 is 0 Å². The van der Waals surface area contributed by atoms with Crippen molar-refractivity contribution in [3.05, 3.63) is 11.6 Å². The second-order valence-corrected chi connectivity index (χ2v) is 3.62. The van der Waals surface area contributed by atoms with E-state index in [1.807, 2.05) is 13.8 Å². The van der Waals surface area contributed by atoms with Crippen molar-refractivity contribution in [2.75, 3.05) is 0 Å². The van der Waals surface area contributed by atoms with E-state index in [0.717, 1.165) is 5.57 Å². The van der Waals surface area contributed by atoms with E-state index in [1.54, 1.807) is 13.0 Å². The third-order valence-electron chi connectivity index (χ3n) is 2.41. The van der Waals surface area contributed by atoms with Crippen LogP contribution in [0.25, 0.3) is 0 Å². The molecule has 0 N–H and O–H groups in total. The molecule has 0 amide bonds. The summed E-state index contributed by atoms with van der Waals surface area (Å²) < 4.78 is 0. The van der Waals surface area contributed by atoms with Crippen LogP contribution in [0.2, 0.25) is 0 Å². The van der Waals surface area contributed by atoms with Crippen LogP contribution in [0, 0.1) is 11.8 Å². The average Bonchev–Trinajstić information content (AvgIpc) is 1.82. The Morgan fingerprint density at radius 2 is 2.17 bits per heavy atom. The second kappa shape index (κ2) is 3.21. The summed E-state index contributed by atoms with van der Waals surface area (Å²) in [5.74, 6) is 0.476. The molecule has 0 bridgehead atoms. The maximum atomic E-state index is 11.2. The van der Waals surface area contributed by atoms with Gasteiger partial charge in [-0.3, -0.25) is 9.59 Å². The molecule has 0 aromatic carbocycles. The molecule has 2 nitrogen and oxygen atoms in total. The Labute approximate surface area is 72.7 Å². The van der Waals surface area contributed by atoms with Gasteiger partial charge in [0.15, 0.2) is 5.78 Å². The predicted molar refractivity (Wildman–Crippen MR) is 46.7 cm³/mol. The molecule has 0 unspecified atom stereocenters. The first-order chi connectivity index (χ1) is 5.52. The van der Waals surface area contributed by atoms with Gasteiger partial charge in [-0.25, -0.2) is 0 Å². The maximum Gasteiger partial charge on any atom is 0.155 e. The lowest BCUT2D eigenvalue weighted by Crippen LogP contribution is -2.27. The highest BCUT2D eigenvalue weighted by atomic mass is 16.1. The van der Waals surface area contributed by atoms with Crippen LogP contribution >= 0.6 is 0 Å². The fraction of sp³-hybridized carbons (Fsp3) is 0.600. The number of ketones is 2. The summed E-state index contributed by atoms with van der Waals surface area (Å²) >= 11 is 0. The number of rotatable bonds is 1. The van der Waals surface area contributed by atoms with Crippen molar-refractivity contribution in [2.45, 2.75) is 27.2 Å². The minimum Gasteiger partial charge on any atom is -0.299 e. The Kier molecular flexibility index (Phi) is 2.46. The molecular weight excluding hydrogens is 152 g/mol. The van der Waals surface area contributed by atoms with Gasteiger partial charge in [0, 0.05) is 12.3 Å². The second-order valence-electron chi connectivity index (χ2n) is 3.62. The summed E-state index contributed by atoms with van der Waals surface area (Å²) in [6.07, 6.45) is 2.12. The fourth-order valence-electron chi connectivity index (χ4n) is 2.01. The zero-order chi connectivity index (χ0) is 9.30. The Bertz CT molecular complexity index is 251. The van der Waals surface area contributed by atoms with E-state index in [4.69, 9.17) is 0 Å². The van der Waals surface area contributed by atoms with Gasteiger partial charge in [-0.05, 0) is 25.8 Å². The van der Waals surface area contributed by atoms with E-state index in [1.165, 1.54) is 0 Å². The lowest BCUT2D eigenvalue weighted by Gasteiger charge is -2.25. The Morgan fingerprint density at radius 1 is 1.58 bits per heavy atom. The first kappa shape index (κ1) is 9.17. The summed E-state index contributed by atoms with van der Waals surface area (Å²) in [6.45, 7) is 5.41. The summed E-state index contributed by atoms with van der Waals surface area (Å²) in [6, 6.07) is 0. The number of allylic oxidation sites excluding steroid dienone is 2.